The molecule has 0 unspecified atom stereocenters. The van der Waals surface area contributed by atoms with Crippen LogP contribution in [0.2, 0.25) is 0 Å². The molecule has 3 rings (SSSR count). The number of rotatable bonds is 11. The van der Waals surface area contributed by atoms with Crippen molar-refractivity contribution >= 4 is 16.9 Å². The number of hydrogen-bond donors (Lipinski definition) is 0. The molecule has 6 heteroatoms. The molecule has 0 saturated heterocycles. The molecule has 172 valence electrons. The summed E-state index contributed by atoms with van der Waals surface area (Å²) in [5.41, 5.74) is 2.89. The molecular formula is C26H33NO5. The number of hydrogen-bond acceptors (Lipinski definition) is 5. The van der Waals surface area contributed by atoms with Crippen molar-refractivity contribution in [1.82, 2.24) is 4.90 Å². The Kier molecular flexibility index (Phi) is 8.03. The van der Waals surface area contributed by atoms with E-state index in [0.29, 0.717) is 36.6 Å². The average molecular weight is 440 g/mol. The summed E-state index contributed by atoms with van der Waals surface area (Å²) in [5, 5.41) is 1.08. The van der Waals surface area contributed by atoms with Crippen LogP contribution in [0.5, 0.6) is 17.2 Å². The maximum Gasteiger partial charge on any atom is 0.222 e. The van der Waals surface area contributed by atoms with Crippen LogP contribution in [0.4, 0.5) is 0 Å². The number of methoxy groups -OCH3 is 3. The third-order valence-electron chi connectivity index (χ3n) is 5.75. The van der Waals surface area contributed by atoms with Gasteiger partial charge in [0.1, 0.15) is 11.3 Å². The van der Waals surface area contributed by atoms with Crippen molar-refractivity contribution in [2.24, 2.45) is 0 Å². The summed E-state index contributed by atoms with van der Waals surface area (Å²) < 4.78 is 22.5. The molecule has 0 fully saturated rings. The lowest BCUT2D eigenvalue weighted by molar-refractivity contribution is -0.130. The molecule has 0 spiro atoms. The second kappa shape index (κ2) is 10.9. The minimum Gasteiger partial charge on any atom is -0.493 e. The van der Waals surface area contributed by atoms with Gasteiger partial charge in [-0.1, -0.05) is 37.6 Å². The third kappa shape index (κ3) is 5.01. The van der Waals surface area contributed by atoms with E-state index >= 15 is 0 Å². The Bertz CT molecular complexity index is 1060. The average Bonchev–Trinajstić information content (AvgIpc) is 3.17. The Hall–Kier alpha value is -3.15. The molecule has 0 aliphatic rings. The van der Waals surface area contributed by atoms with Crippen molar-refractivity contribution in [1.29, 1.82) is 0 Å². The molecule has 0 bridgehead atoms. The van der Waals surface area contributed by atoms with Gasteiger partial charge in [0.25, 0.3) is 0 Å². The smallest absolute Gasteiger partial charge is 0.222 e. The third-order valence-corrected chi connectivity index (χ3v) is 5.75. The van der Waals surface area contributed by atoms with Crippen molar-refractivity contribution in [3.05, 3.63) is 53.3 Å². The number of fused-ring (bicyclic) bond motifs is 1. The standard InChI is InChI=1S/C26H33NO5/c1-6-7-11-22-20(19-10-8-9-12-21(19)32-22)17-27(2)24(28)16-14-18-13-15-23(29-3)26(31-5)25(18)30-4/h8-10,12-13,15H,6-7,11,14,16-17H2,1-5H3. The van der Waals surface area contributed by atoms with Gasteiger partial charge in [0, 0.05) is 37.4 Å². The first-order valence-electron chi connectivity index (χ1n) is 11.0. The first-order valence-corrected chi connectivity index (χ1v) is 11.0. The van der Waals surface area contributed by atoms with Gasteiger partial charge in [-0.25, -0.2) is 0 Å². The zero-order valence-corrected chi connectivity index (χ0v) is 19.7. The first kappa shape index (κ1) is 23.5. The van der Waals surface area contributed by atoms with Gasteiger partial charge in [-0.05, 0) is 30.5 Å². The number of amides is 1. The first-order chi connectivity index (χ1) is 15.5. The van der Waals surface area contributed by atoms with Gasteiger partial charge < -0.3 is 23.5 Å². The van der Waals surface area contributed by atoms with Gasteiger partial charge in [0.15, 0.2) is 11.5 Å². The maximum absolute atomic E-state index is 13.0. The number of carbonyl (C=O) groups is 1. The summed E-state index contributed by atoms with van der Waals surface area (Å²) in [6.07, 6.45) is 3.94. The molecule has 0 radical (unpaired) electrons. The Labute approximate surface area is 190 Å². The van der Waals surface area contributed by atoms with Gasteiger partial charge in [0.2, 0.25) is 11.7 Å². The van der Waals surface area contributed by atoms with Crippen LogP contribution in [0.3, 0.4) is 0 Å². The molecule has 32 heavy (non-hydrogen) atoms. The van der Waals surface area contributed by atoms with E-state index in [4.69, 9.17) is 18.6 Å². The lowest BCUT2D eigenvalue weighted by Crippen LogP contribution is -2.26. The van der Waals surface area contributed by atoms with Crippen molar-refractivity contribution in [2.75, 3.05) is 28.4 Å². The largest absolute Gasteiger partial charge is 0.493 e. The molecule has 0 atom stereocenters. The Morgan fingerprint density at radius 3 is 2.41 bits per heavy atom. The fraction of sp³-hybridized carbons (Fsp3) is 0.423. The van der Waals surface area contributed by atoms with Gasteiger partial charge in [-0.3, -0.25) is 4.79 Å². The number of benzene rings is 2. The van der Waals surface area contributed by atoms with Gasteiger partial charge in [0.05, 0.1) is 21.3 Å². The fourth-order valence-electron chi connectivity index (χ4n) is 3.98. The number of nitrogens with zero attached hydrogens (tertiary/aromatic N) is 1. The summed E-state index contributed by atoms with van der Waals surface area (Å²) in [6.45, 7) is 2.69. The van der Waals surface area contributed by atoms with Gasteiger partial charge in [-0.15, -0.1) is 0 Å². The summed E-state index contributed by atoms with van der Waals surface area (Å²) in [6, 6.07) is 11.8. The van der Waals surface area contributed by atoms with Crippen LogP contribution in [0, 0.1) is 0 Å². The highest BCUT2D eigenvalue weighted by Crippen LogP contribution is 2.40. The van der Waals surface area contributed by atoms with E-state index in [-0.39, 0.29) is 5.91 Å². The molecule has 0 saturated carbocycles. The highest BCUT2D eigenvalue weighted by Gasteiger charge is 2.20. The van der Waals surface area contributed by atoms with Crippen LogP contribution in [0.25, 0.3) is 11.0 Å². The Morgan fingerprint density at radius 2 is 1.72 bits per heavy atom. The van der Waals surface area contributed by atoms with Crippen molar-refractivity contribution in [2.45, 2.75) is 45.6 Å². The van der Waals surface area contributed by atoms with Gasteiger partial charge in [-0.2, -0.15) is 0 Å². The minimum atomic E-state index is 0.0635. The molecule has 3 aromatic rings. The molecule has 1 aromatic heterocycles. The molecule has 0 aliphatic heterocycles. The molecular weight excluding hydrogens is 406 g/mol. The maximum atomic E-state index is 13.0. The topological polar surface area (TPSA) is 61.1 Å². The summed E-state index contributed by atoms with van der Waals surface area (Å²) in [7, 11) is 6.61. The summed E-state index contributed by atoms with van der Waals surface area (Å²) >= 11 is 0. The minimum absolute atomic E-state index is 0.0635. The number of aryl methyl sites for hydroxylation is 2. The predicted octanol–water partition coefficient (Wildman–Crippen LogP) is 5.39. The highest BCUT2D eigenvalue weighted by atomic mass is 16.5. The van der Waals surface area contributed by atoms with Crippen LogP contribution in [0.1, 0.15) is 43.1 Å². The zero-order chi connectivity index (χ0) is 23.1. The molecule has 0 aliphatic carbocycles. The Balaban J connectivity index is 1.74. The highest BCUT2D eigenvalue weighted by molar-refractivity contribution is 5.83. The number of unbranched alkanes of at least 4 members (excludes halogenated alkanes) is 1. The van der Waals surface area contributed by atoms with Crippen molar-refractivity contribution < 1.29 is 23.4 Å². The van der Waals surface area contributed by atoms with Crippen molar-refractivity contribution in [3.8, 4) is 17.2 Å². The number of ether oxygens (including phenoxy) is 3. The van der Waals surface area contributed by atoms with E-state index < -0.39 is 0 Å². The van der Waals surface area contributed by atoms with Crippen molar-refractivity contribution in [3.63, 3.8) is 0 Å². The summed E-state index contributed by atoms with van der Waals surface area (Å²) in [5.74, 6) is 2.79. The predicted molar refractivity (Wildman–Crippen MR) is 126 cm³/mol. The van der Waals surface area contributed by atoms with E-state index in [1.54, 1.807) is 26.2 Å². The van der Waals surface area contributed by atoms with Crippen LogP contribution in [-0.4, -0.2) is 39.2 Å². The van der Waals surface area contributed by atoms with Crippen LogP contribution in [0.15, 0.2) is 40.8 Å². The second-order valence-electron chi connectivity index (χ2n) is 7.85. The monoisotopic (exact) mass is 439 g/mol. The lowest BCUT2D eigenvalue weighted by Gasteiger charge is -2.19. The van der Waals surface area contributed by atoms with E-state index in [0.717, 1.165) is 47.1 Å². The van der Waals surface area contributed by atoms with Crippen LogP contribution in [-0.2, 0) is 24.2 Å². The van der Waals surface area contributed by atoms with Gasteiger partial charge >= 0.3 is 0 Å². The van der Waals surface area contributed by atoms with Crippen LogP contribution >= 0.6 is 0 Å². The molecule has 0 N–H and O–H groups in total. The van der Waals surface area contributed by atoms with Crippen LogP contribution < -0.4 is 14.2 Å². The quantitative estimate of drug-likeness (QED) is 0.401. The lowest BCUT2D eigenvalue weighted by atomic mass is 10.1. The zero-order valence-electron chi connectivity index (χ0n) is 19.7. The molecule has 6 nitrogen and oxygen atoms in total. The number of furan rings is 1. The second-order valence-corrected chi connectivity index (χ2v) is 7.85. The fourth-order valence-corrected chi connectivity index (χ4v) is 3.98. The molecule has 1 heterocycles. The number of para-hydroxylation sites is 1. The Morgan fingerprint density at radius 1 is 0.969 bits per heavy atom. The van der Waals surface area contributed by atoms with E-state index in [2.05, 4.69) is 13.0 Å². The number of carbonyl (C=O) groups excluding carboxylic acids is 1. The van der Waals surface area contributed by atoms with E-state index in [9.17, 15) is 4.79 Å². The van der Waals surface area contributed by atoms with E-state index in [1.807, 2.05) is 37.4 Å². The summed E-state index contributed by atoms with van der Waals surface area (Å²) in [4.78, 5) is 14.8. The molecule has 1 amide bonds. The van der Waals surface area contributed by atoms with E-state index in [1.165, 1.54) is 0 Å². The molecule has 2 aromatic carbocycles. The normalized spacial score (nSPS) is 10.9. The SMILES string of the molecule is CCCCc1oc2ccccc2c1CN(C)C(=O)CCc1ccc(OC)c(OC)c1OC.